The number of carbonyl (C=O) groups is 1. The highest BCUT2D eigenvalue weighted by atomic mass is 19.1. The fourth-order valence-electron chi connectivity index (χ4n) is 1.99. The first-order valence-electron chi connectivity index (χ1n) is 6.11. The number of ether oxygens (including phenoxy) is 2. The molecule has 1 saturated heterocycles. The van der Waals surface area contributed by atoms with Crippen LogP contribution in [-0.2, 0) is 9.53 Å². The Hall–Kier alpha value is -1.66. The van der Waals surface area contributed by atoms with Gasteiger partial charge in [-0.05, 0) is 19.1 Å². The van der Waals surface area contributed by atoms with Crippen molar-refractivity contribution in [2.24, 2.45) is 0 Å². The van der Waals surface area contributed by atoms with E-state index in [1.165, 1.54) is 19.2 Å². The lowest BCUT2D eigenvalue weighted by Crippen LogP contribution is -2.53. The summed E-state index contributed by atoms with van der Waals surface area (Å²) in [6.07, 6.45) is -0.211. The Morgan fingerprint density at radius 3 is 3.00 bits per heavy atom. The van der Waals surface area contributed by atoms with Crippen molar-refractivity contribution >= 4 is 11.6 Å². The van der Waals surface area contributed by atoms with E-state index in [-0.39, 0.29) is 17.8 Å². The highest BCUT2D eigenvalue weighted by Gasteiger charge is 2.28. The van der Waals surface area contributed by atoms with Gasteiger partial charge in [-0.15, -0.1) is 0 Å². The minimum Gasteiger partial charge on any atom is -0.494 e. The summed E-state index contributed by atoms with van der Waals surface area (Å²) in [6.45, 7) is 3.03. The molecule has 0 spiro atoms. The molecule has 104 valence electrons. The zero-order valence-electron chi connectivity index (χ0n) is 10.9. The van der Waals surface area contributed by atoms with Crippen LogP contribution in [0.5, 0.6) is 5.75 Å². The van der Waals surface area contributed by atoms with Gasteiger partial charge in [0.2, 0.25) is 5.91 Å². The van der Waals surface area contributed by atoms with E-state index in [1.54, 1.807) is 6.07 Å². The fraction of sp³-hybridized carbons (Fsp3) is 0.462. The summed E-state index contributed by atoms with van der Waals surface area (Å²) in [6, 6.07) is 3.86. The molecule has 0 saturated carbocycles. The third-order valence-electron chi connectivity index (χ3n) is 3.02. The molecule has 1 aromatic rings. The molecule has 19 heavy (non-hydrogen) atoms. The fourth-order valence-corrected chi connectivity index (χ4v) is 1.99. The van der Waals surface area contributed by atoms with Crippen LogP contribution < -0.4 is 15.4 Å². The maximum atomic E-state index is 13.5. The lowest BCUT2D eigenvalue weighted by molar-refractivity contribution is -0.123. The normalized spacial score (nSPS) is 22.9. The van der Waals surface area contributed by atoms with Gasteiger partial charge in [-0.2, -0.15) is 0 Å². The Labute approximate surface area is 111 Å². The van der Waals surface area contributed by atoms with E-state index in [4.69, 9.17) is 9.47 Å². The molecule has 0 radical (unpaired) electrons. The molecular weight excluding hydrogens is 251 g/mol. The number of rotatable bonds is 3. The number of methoxy groups -OCH3 is 1. The van der Waals surface area contributed by atoms with Crippen molar-refractivity contribution in [1.29, 1.82) is 0 Å². The summed E-state index contributed by atoms with van der Waals surface area (Å²) in [5.41, 5.74) is 0.392. The van der Waals surface area contributed by atoms with E-state index >= 15 is 0 Å². The van der Waals surface area contributed by atoms with Crippen molar-refractivity contribution < 1.29 is 18.7 Å². The first-order valence-corrected chi connectivity index (χ1v) is 6.11. The average molecular weight is 268 g/mol. The zero-order chi connectivity index (χ0) is 13.8. The second kappa shape index (κ2) is 5.99. The smallest absolute Gasteiger partial charge is 0.244 e. The number of halogens is 1. The molecule has 1 aliphatic heterocycles. The predicted molar refractivity (Wildman–Crippen MR) is 68.8 cm³/mol. The van der Waals surface area contributed by atoms with Crippen LogP contribution in [-0.4, -0.2) is 38.3 Å². The van der Waals surface area contributed by atoms with Gasteiger partial charge in [0, 0.05) is 18.3 Å². The van der Waals surface area contributed by atoms with Gasteiger partial charge in [0.25, 0.3) is 0 Å². The Kier molecular flexibility index (Phi) is 4.34. The van der Waals surface area contributed by atoms with Gasteiger partial charge in [-0.1, -0.05) is 0 Å². The minimum atomic E-state index is -0.513. The van der Waals surface area contributed by atoms with Gasteiger partial charge in [-0.25, -0.2) is 4.39 Å². The molecule has 0 aromatic heterocycles. The van der Waals surface area contributed by atoms with Crippen LogP contribution in [0.4, 0.5) is 10.1 Å². The van der Waals surface area contributed by atoms with E-state index in [0.717, 1.165) is 0 Å². The number of carbonyl (C=O) groups excluding carboxylic acids is 1. The van der Waals surface area contributed by atoms with Crippen LogP contribution in [0.2, 0.25) is 0 Å². The summed E-state index contributed by atoms with van der Waals surface area (Å²) < 4.78 is 23.7. The first-order chi connectivity index (χ1) is 9.11. The number of hydrogen-bond donors (Lipinski definition) is 2. The van der Waals surface area contributed by atoms with Gasteiger partial charge >= 0.3 is 0 Å². The maximum absolute atomic E-state index is 13.5. The predicted octanol–water partition coefficient (Wildman–Crippen LogP) is 1.15. The Morgan fingerprint density at radius 1 is 1.58 bits per heavy atom. The standard InChI is InChI=1S/C13H17FN2O3/c1-8-12(15-5-6-19-8)13(17)16-9-3-4-11(18-2)10(14)7-9/h3-4,7-8,12,15H,5-6H2,1-2H3,(H,16,17)/t8-,12+/m1/s1. The summed E-state index contributed by atoms with van der Waals surface area (Å²) in [4.78, 5) is 12.0. The van der Waals surface area contributed by atoms with Crippen LogP contribution in [0.3, 0.4) is 0 Å². The molecule has 1 amide bonds. The number of benzene rings is 1. The van der Waals surface area contributed by atoms with Crippen molar-refractivity contribution in [2.45, 2.75) is 19.1 Å². The SMILES string of the molecule is COc1ccc(NC(=O)[C@H]2NCCO[C@@H]2C)cc1F. The number of nitrogens with one attached hydrogen (secondary N) is 2. The third-order valence-corrected chi connectivity index (χ3v) is 3.02. The Morgan fingerprint density at radius 2 is 2.37 bits per heavy atom. The van der Waals surface area contributed by atoms with E-state index in [2.05, 4.69) is 10.6 Å². The number of amides is 1. The summed E-state index contributed by atoms with van der Waals surface area (Å²) in [5.74, 6) is -0.608. The summed E-state index contributed by atoms with van der Waals surface area (Å²) in [7, 11) is 1.39. The van der Waals surface area contributed by atoms with Gasteiger partial charge in [0.05, 0.1) is 19.8 Å². The molecule has 5 nitrogen and oxygen atoms in total. The van der Waals surface area contributed by atoms with E-state index in [1.807, 2.05) is 6.92 Å². The largest absolute Gasteiger partial charge is 0.494 e. The van der Waals surface area contributed by atoms with Crippen molar-refractivity contribution in [1.82, 2.24) is 5.32 Å². The molecule has 1 fully saturated rings. The van der Waals surface area contributed by atoms with E-state index in [9.17, 15) is 9.18 Å². The molecule has 6 heteroatoms. The molecule has 1 aromatic carbocycles. The summed E-state index contributed by atoms with van der Waals surface area (Å²) in [5, 5.41) is 5.73. The second-order valence-electron chi connectivity index (χ2n) is 4.35. The van der Waals surface area contributed by atoms with E-state index in [0.29, 0.717) is 18.8 Å². The van der Waals surface area contributed by atoms with Crippen LogP contribution >= 0.6 is 0 Å². The number of anilines is 1. The second-order valence-corrected chi connectivity index (χ2v) is 4.35. The molecule has 2 atom stereocenters. The van der Waals surface area contributed by atoms with Crippen LogP contribution in [0.25, 0.3) is 0 Å². The molecule has 0 aliphatic carbocycles. The van der Waals surface area contributed by atoms with Gasteiger partial charge in [0.15, 0.2) is 11.6 Å². The number of morpholine rings is 1. The van der Waals surface area contributed by atoms with Gasteiger partial charge < -0.3 is 20.1 Å². The highest BCUT2D eigenvalue weighted by Crippen LogP contribution is 2.21. The van der Waals surface area contributed by atoms with E-state index < -0.39 is 11.9 Å². The zero-order valence-corrected chi connectivity index (χ0v) is 10.9. The molecule has 0 unspecified atom stereocenters. The Balaban J connectivity index is 2.04. The van der Waals surface area contributed by atoms with Crippen molar-refractivity contribution in [3.63, 3.8) is 0 Å². The summed E-state index contributed by atoms with van der Waals surface area (Å²) >= 11 is 0. The van der Waals surface area contributed by atoms with Crippen molar-refractivity contribution in [2.75, 3.05) is 25.6 Å². The Bertz CT molecular complexity index is 467. The number of hydrogen-bond acceptors (Lipinski definition) is 4. The van der Waals surface area contributed by atoms with Crippen molar-refractivity contribution in [3.05, 3.63) is 24.0 Å². The highest BCUT2D eigenvalue weighted by molar-refractivity contribution is 5.95. The quantitative estimate of drug-likeness (QED) is 0.863. The topological polar surface area (TPSA) is 59.6 Å². The molecular formula is C13H17FN2O3. The molecule has 2 N–H and O–H groups in total. The lowest BCUT2D eigenvalue weighted by atomic mass is 10.1. The first kappa shape index (κ1) is 13.8. The van der Waals surface area contributed by atoms with Crippen LogP contribution in [0, 0.1) is 5.82 Å². The minimum absolute atomic E-state index is 0.144. The van der Waals surface area contributed by atoms with Crippen LogP contribution in [0.1, 0.15) is 6.92 Å². The van der Waals surface area contributed by atoms with Crippen LogP contribution in [0.15, 0.2) is 18.2 Å². The molecule has 1 heterocycles. The van der Waals surface area contributed by atoms with Gasteiger partial charge in [0.1, 0.15) is 6.04 Å². The lowest BCUT2D eigenvalue weighted by Gasteiger charge is -2.29. The molecule has 2 rings (SSSR count). The monoisotopic (exact) mass is 268 g/mol. The maximum Gasteiger partial charge on any atom is 0.244 e. The van der Waals surface area contributed by atoms with Crippen molar-refractivity contribution in [3.8, 4) is 5.75 Å². The third kappa shape index (κ3) is 3.21. The average Bonchev–Trinajstić information content (AvgIpc) is 2.39. The van der Waals surface area contributed by atoms with Gasteiger partial charge in [-0.3, -0.25) is 4.79 Å². The molecule has 0 bridgehead atoms. The molecule has 1 aliphatic rings.